The molecule has 18 heavy (non-hydrogen) atoms. The molecule has 0 aliphatic heterocycles. The van der Waals surface area contributed by atoms with Gasteiger partial charge in [-0.2, -0.15) is 5.10 Å². The number of rotatable bonds is 4. The average molecular weight is 288 g/mol. The molecule has 2 aromatic rings. The summed E-state index contributed by atoms with van der Waals surface area (Å²) in [6.45, 7) is 0. The summed E-state index contributed by atoms with van der Waals surface area (Å²) >= 11 is 0.734. The van der Waals surface area contributed by atoms with Crippen molar-refractivity contribution in [3.8, 4) is 0 Å². The maximum absolute atomic E-state index is 11.9. The van der Waals surface area contributed by atoms with Gasteiger partial charge in [0, 0.05) is 19.3 Å². The van der Waals surface area contributed by atoms with Crippen LogP contribution in [0.3, 0.4) is 0 Å². The Labute approximate surface area is 106 Å². The van der Waals surface area contributed by atoms with Gasteiger partial charge in [0.15, 0.2) is 15.7 Å². The lowest BCUT2D eigenvalue weighted by molar-refractivity contribution is 0.0687. The van der Waals surface area contributed by atoms with Crippen molar-refractivity contribution in [2.75, 3.05) is 4.72 Å². The molecular formula is C8H8N4O4S2. The van der Waals surface area contributed by atoms with Crippen molar-refractivity contribution in [1.82, 2.24) is 14.8 Å². The highest BCUT2D eigenvalue weighted by Crippen LogP contribution is 2.22. The van der Waals surface area contributed by atoms with Gasteiger partial charge in [0.05, 0.1) is 5.51 Å². The first kappa shape index (κ1) is 12.5. The van der Waals surface area contributed by atoms with E-state index in [4.69, 9.17) is 5.11 Å². The average Bonchev–Trinajstić information content (AvgIpc) is 2.86. The zero-order chi connectivity index (χ0) is 13.3. The molecule has 0 fully saturated rings. The Kier molecular flexibility index (Phi) is 3.05. The molecule has 2 rings (SSSR count). The van der Waals surface area contributed by atoms with E-state index in [0.717, 1.165) is 16.8 Å². The van der Waals surface area contributed by atoms with E-state index >= 15 is 0 Å². The number of aromatic nitrogens is 3. The van der Waals surface area contributed by atoms with Crippen LogP contribution in [0.1, 0.15) is 10.5 Å². The summed E-state index contributed by atoms with van der Waals surface area (Å²) < 4.78 is 27.1. The number of sulfonamides is 1. The fourth-order valence-corrected chi connectivity index (χ4v) is 3.36. The van der Waals surface area contributed by atoms with E-state index in [-0.39, 0.29) is 10.0 Å². The van der Waals surface area contributed by atoms with Gasteiger partial charge in [0.2, 0.25) is 0 Å². The highest BCUT2D eigenvalue weighted by molar-refractivity contribution is 7.94. The molecule has 10 heteroatoms. The Balaban J connectivity index is 2.37. The van der Waals surface area contributed by atoms with E-state index in [2.05, 4.69) is 14.8 Å². The van der Waals surface area contributed by atoms with Gasteiger partial charge in [-0.25, -0.2) is 18.2 Å². The van der Waals surface area contributed by atoms with Gasteiger partial charge < -0.3 is 5.11 Å². The minimum atomic E-state index is -3.98. The van der Waals surface area contributed by atoms with E-state index < -0.39 is 21.7 Å². The normalized spacial score (nSPS) is 11.4. The van der Waals surface area contributed by atoms with Gasteiger partial charge in [-0.15, -0.1) is 11.3 Å². The number of thiazole rings is 1. The van der Waals surface area contributed by atoms with Crippen LogP contribution in [0.25, 0.3) is 0 Å². The minimum Gasteiger partial charge on any atom is -0.476 e. The first-order valence-corrected chi connectivity index (χ1v) is 6.95. The Bertz CT molecular complexity index is 688. The molecule has 8 nitrogen and oxygen atoms in total. The molecule has 2 aromatic heterocycles. The third kappa shape index (κ3) is 2.33. The molecule has 96 valence electrons. The lowest BCUT2D eigenvalue weighted by atomic mass is 10.5. The standard InChI is InChI=1S/C8H8N4O4S2/c1-12-3-2-5(10-12)11-18(15,16)8-6(7(13)14)9-4-17-8/h2-4H,1H3,(H,10,11)(H,13,14). The number of carboxylic acid groups (broad SMARTS) is 1. The quantitative estimate of drug-likeness (QED) is 0.840. The largest absolute Gasteiger partial charge is 0.476 e. The van der Waals surface area contributed by atoms with Crippen LogP contribution in [-0.4, -0.2) is 34.3 Å². The first-order chi connectivity index (χ1) is 8.40. The number of carbonyl (C=O) groups is 1. The summed E-state index contributed by atoms with van der Waals surface area (Å²) in [5, 5.41) is 12.7. The Hall–Kier alpha value is -1.94. The van der Waals surface area contributed by atoms with Crippen LogP contribution in [-0.2, 0) is 17.1 Å². The lowest BCUT2D eigenvalue weighted by Crippen LogP contribution is -2.15. The van der Waals surface area contributed by atoms with Crippen molar-refractivity contribution in [3.05, 3.63) is 23.5 Å². The monoisotopic (exact) mass is 288 g/mol. The number of hydrogen-bond acceptors (Lipinski definition) is 6. The topological polar surface area (TPSA) is 114 Å². The number of aryl methyl sites for hydroxylation is 1. The van der Waals surface area contributed by atoms with Crippen LogP contribution >= 0.6 is 11.3 Å². The zero-order valence-electron chi connectivity index (χ0n) is 9.06. The maximum Gasteiger partial charge on any atom is 0.356 e. The second-order valence-corrected chi connectivity index (χ2v) is 6.01. The Morgan fingerprint density at radius 2 is 2.28 bits per heavy atom. The molecule has 0 amide bonds. The third-order valence-corrected chi connectivity index (χ3v) is 4.66. The molecule has 0 bridgehead atoms. The SMILES string of the molecule is Cn1ccc(NS(=O)(=O)c2scnc2C(=O)O)n1. The van der Waals surface area contributed by atoms with E-state index in [1.807, 2.05) is 0 Å². The fraction of sp³-hybridized carbons (Fsp3) is 0.125. The molecule has 0 radical (unpaired) electrons. The van der Waals surface area contributed by atoms with E-state index in [1.54, 1.807) is 13.2 Å². The van der Waals surface area contributed by atoms with Gasteiger partial charge in [-0.05, 0) is 0 Å². The smallest absolute Gasteiger partial charge is 0.356 e. The second kappa shape index (κ2) is 4.38. The van der Waals surface area contributed by atoms with Crippen molar-refractivity contribution in [2.45, 2.75) is 4.21 Å². The van der Waals surface area contributed by atoms with E-state index in [0.29, 0.717) is 0 Å². The summed E-state index contributed by atoms with van der Waals surface area (Å²) in [5.74, 6) is -1.28. The van der Waals surface area contributed by atoms with Crippen LogP contribution in [0.15, 0.2) is 22.0 Å². The van der Waals surface area contributed by atoms with Crippen LogP contribution < -0.4 is 4.72 Å². The van der Waals surface area contributed by atoms with Gasteiger partial charge in [0.1, 0.15) is 0 Å². The predicted octanol–water partition coefficient (Wildman–Crippen LogP) is 0.376. The summed E-state index contributed by atoms with van der Waals surface area (Å²) in [4.78, 5) is 14.3. The summed E-state index contributed by atoms with van der Waals surface area (Å²) in [6.07, 6.45) is 1.56. The molecule has 2 heterocycles. The number of carboxylic acids is 1. The van der Waals surface area contributed by atoms with Crippen molar-refractivity contribution in [1.29, 1.82) is 0 Å². The number of nitrogens with zero attached hydrogens (tertiary/aromatic N) is 3. The van der Waals surface area contributed by atoms with Crippen LogP contribution in [0, 0.1) is 0 Å². The molecule has 0 saturated carbocycles. The summed E-state index contributed by atoms with van der Waals surface area (Å²) in [7, 11) is -2.35. The molecule has 0 aliphatic rings. The second-order valence-electron chi connectivity index (χ2n) is 3.27. The third-order valence-electron chi connectivity index (χ3n) is 1.93. The minimum absolute atomic E-state index is 0.113. The van der Waals surface area contributed by atoms with Crippen LogP contribution in [0.2, 0.25) is 0 Å². The number of hydrogen-bond donors (Lipinski definition) is 2. The van der Waals surface area contributed by atoms with Crippen molar-refractivity contribution >= 4 is 33.1 Å². The van der Waals surface area contributed by atoms with Crippen LogP contribution in [0.4, 0.5) is 5.82 Å². The highest BCUT2D eigenvalue weighted by atomic mass is 32.2. The Morgan fingerprint density at radius 1 is 1.56 bits per heavy atom. The molecule has 0 spiro atoms. The molecular weight excluding hydrogens is 280 g/mol. The fourth-order valence-electron chi connectivity index (χ4n) is 1.22. The van der Waals surface area contributed by atoms with Gasteiger partial charge in [-0.1, -0.05) is 0 Å². The van der Waals surface area contributed by atoms with Crippen molar-refractivity contribution < 1.29 is 18.3 Å². The first-order valence-electron chi connectivity index (χ1n) is 4.59. The number of anilines is 1. The van der Waals surface area contributed by atoms with E-state index in [9.17, 15) is 13.2 Å². The lowest BCUT2D eigenvalue weighted by Gasteiger charge is -2.03. The zero-order valence-corrected chi connectivity index (χ0v) is 10.7. The maximum atomic E-state index is 11.9. The Morgan fingerprint density at radius 3 is 2.83 bits per heavy atom. The highest BCUT2D eigenvalue weighted by Gasteiger charge is 2.26. The number of nitrogens with one attached hydrogen (secondary N) is 1. The molecule has 0 aliphatic carbocycles. The van der Waals surface area contributed by atoms with Crippen molar-refractivity contribution in [2.24, 2.45) is 7.05 Å². The molecule has 0 unspecified atom stereocenters. The predicted molar refractivity (Wildman–Crippen MR) is 63.1 cm³/mol. The summed E-state index contributed by atoms with van der Waals surface area (Å²) in [5.41, 5.74) is 0.666. The van der Waals surface area contributed by atoms with E-state index in [1.165, 1.54) is 10.7 Å². The molecule has 0 aromatic carbocycles. The molecule has 2 N–H and O–H groups in total. The molecule has 0 saturated heterocycles. The van der Waals surface area contributed by atoms with Gasteiger partial charge in [-0.3, -0.25) is 9.40 Å². The van der Waals surface area contributed by atoms with Crippen molar-refractivity contribution in [3.63, 3.8) is 0 Å². The van der Waals surface area contributed by atoms with Gasteiger partial charge in [0.25, 0.3) is 10.0 Å². The van der Waals surface area contributed by atoms with Crippen LogP contribution in [0.5, 0.6) is 0 Å². The number of aromatic carboxylic acids is 1. The van der Waals surface area contributed by atoms with Gasteiger partial charge >= 0.3 is 5.97 Å². The summed E-state index contributed by atoms with van der Waals surface area (Å²) in [6, 6.07) is 1.46. The molecule has 0 atom stereocenters.